The molecule has 5 rings (SSSR count). The number of hydrogen-bond acceptors (Lipinski definition) is 8. The van der Waals surface area contributed by atoms with Gasteiger partial charge in [0.05, 0.1) is 24.4 Å². The van der Waals surface area contributed by atoms with Crippen LogP contribution in [0.3, 0.4) is 0 Å². The lowest BCUT2D eigenvalue weighted by atomic mass is 9.99. The van der Waals surface area contributed by atoms with Crippen LogP contribution in [-0.4, -0.2) is 53.6 Å². The van der Waals surface area contributed by atoms with E-state index >= 15 is 0 Å². The van der Waals surface area contributed by atoms with Gasteiger partial charge in [0.25, 0.3) is 0 Å². The zero-order chi connectivity index (χ0) is 30.5. The van der Waals surface area contributed by atoms with Gasteiger partial charge in [0.1, 0.15) is 22.9 Å². The quantitative estimate of drug-likeness (QED) is 0.227. The Balaban J connectivity index is 1.37. The topological polar surface area (TPSA) is 91.6 Å². The van der Waals surface area contributed by atoms with Crippen molar-refractivity contribution in [3.63, 3.8) is 0 Å². The van der Waals surface area contributed by atoms with Gasteiger partial charge in [-0.15, -0.1) is 0 Å². The summed E-state index contributed by atoms with van der Waals surface area (Å²) in [4.78, 5) is 26.0. The molecule has 0 aliphatic carbocycles. The maximum atomic E-state index is 13.6. The van der Waals surface area contributed by atoms with Gasteiger partial charge in [0, 0.05) is 38.8 Å². The number of hydrogen-bond donors (Lipinski definition) is 0. The number of piperazine rings is 1. The van der Waals surface area contributed by atoms with E-state index in [1.165, 1.54) is 18.3 Å². The van der Waals surface area contributed by atoms with Crippen molar-refractivity contribution < 1.29 is 23.0 Å². The number of ether oxygens (including phenoxy) is 2. The van der Waals surface area contributed by atoms with Crippen LogP contribution in [0.1, 0.15) is 39.5 Å². The number of nitriles is 1. The van der Waals surface area contributed by atoms with Crippen LogP contribution in [0.25, 0.3) is 11.1 Å². The average molecular weight is 584 g/mol. The first-order valence-corrected chi connectivity index (χ1v) is 14.0. The van der Waals surface area contributed by atoms with Gasteiger partial charge in [0.15, 0.2) is 0 Å². The summed E-state index contributed by atoms with van der Waals surface area (Å²) in [6.07, 6.45) is 1.42. The summed E-state index contributed by atoms with van der Waals surface area (Å²) in [7, 11) is 0. The number of anilines is 1. The Hall–Kier alpha value is -4.88. The zero-order valence-electron chi connectivity index (χ0n) is 24.2. The van der Waals surface area contributed by atoms with Crippen molar-refractivity contribution in [2.45, 2.75) is 27.3 Å². The van der Waals surface area contributed by atoms with Crippen molar-refractivity contribution in [2.24, 2.45) is 0 Å². The number of rotatable bonds is 8. The van der Waals surface area contributed by atoms with Gasteiger partial charge in [-0.2, -0.15) is 10.2 Å². The molecule has 8 nitrogen and oxygen atoms in total. The largest absolute Gasteiger partial charge is 0.462 e. The minimum atomic E-state index is -0.592. The summed E-state index contributed by atoms with van der Waals surface area (Å²) in [5, 5.41) is 9.11. The molecule has 3 aromatic carbocycles. The van der Waals surface area contributed by atoms with Crippen molar-refractivity contribution in [3.05, 3.63) is 100 Å². The lowest BCUT2D eigenvalue weighted by Crippen LogP contribution is -2.46. The fourth-order valence-corrected chi connectivity index (χ4v) is 5.11. The number of esters is 1. The van der Waals surface area contributed by atoms with Crippen molar-refractivity contribution in [3.8, 4) is 28.8 Å². The Bertz CT molecular complexity index is 1640. The Morgan fingerprint density at radius 3 is 2.21 bits per heavy atom. The molecule has 1 saturated heterocycles. The van der Waals surface area contributed by atoms with E-state index in [4.69, 9.17) is 14.7 Å². The first-order valence-electron chi connectivity index (χ1n) is 14.0. The van der Waals surface area contributed by atoms with Crippen LogP contribution >= 0.6 is 0 Å². The molecule has 0 radical (unpaired) electrons. The van der Waals surface area contributed by atoms with Crippen LogP contribution in [0, 0.1) is 36.8 Å². The second-order valence-corrected chi connectivity index (χ2v) is 10.4. The Kier molecular flexibility index (Phi) is 8.93. The standard InChI is InChI=1S/C33H31F2N5O3/c1-4-42-32(41)29-19-37-33(40-11-9-39(10-12-40)20-24-15-27(34)17-28(35)16-24)38-31(29)43-30-21(2)13-26(14-22(30)3)25-7-5-23(18-36)6-8-25/h5-8,13-17,19H,4,9-12,20H2,1-3H3. The molecule has 1 aromatic heterocycles. The highest BCUT2D eigenvalue weighted by atomic mass is 19.1. The highest BCUT2D eigenvalue weighted by Crippen LogP contribution is 2.35. The van der Waals surface area contributed by atoms with E-state index in [0.717, 1.165) is 28.3 Å². The zero-order valence-corrected chi connectivity index (χ0v) is 24.2. The molecule has 4 aromatic rings. The summed E-state index contributed by atoms with van der Waals surface area (Å²) >= 11 is 0. The molecule has 1 aliphatic rings. The predicted octanol–water partition coefficient (Wildman–Crippen LogP) is 6.20. The van der Waals surface area contributed by atoms with Gasteiger partial charge in [-0.3, -0.25) is 4.90 Å². The Morgan fingerprint density at radius 2 is 1.60 bits per heavy atom. The number of halogens is 2. The number of aromatic nitrogens is 2. The van der Waals surface area contributed by atoms with Crippen molar-refractivity contribution in [1.82, 2.24) is 14.9 Å². The molecule has 0 spiro atoms. The first kappa shape index (κ1) is 29.6. The molecule has 0 unspecified atom stereocenters. The molecule has 0 atom stereocenters. The van der Waals surface area contributed by atoms with Crippen molar-refractivity contribution in [1.29, 1.82) is 5.26 Å². The molecular formula is C33H31F2N5O3. The number of benzene rings is 3. The number of nitrogens with zero attached hydrogens (tertiary/aromatic N) is 5. The van der Waals surface area contributed by atoms with Crippen molar-refractivity contribution in [2.75, 3.05) is 37.7 Å². The minimum absolute atomic E-state index is 0.0958. The fourth-order valence-electron chi connectivity index (χ4n) is 5.11. The molecule has 0 bridgehead atoms. The predicted molar refractivity (Wildman–Crippen MR) is 158 cm³/mol. The molecule has 0 saturated carbocycles. The third-order valence-corrected chi connectivity index (χ3v) is 7.23. The third-order valence-electron chi connectivity index (χ3n) is 7.23. The fraction of sp³-hybridized carbons (Fsp3) is 0.273. The molecule has 0 N–H and O–H groups in total. The summed E-state index contributed by atoms with van der Waals surface area (Å²) in [5.74, 6) is -0.695. The second-order valence-electron chi connectivity index (χ2n) is 10.4. The summed E-state index contributed by atoms with van der Waals surface area (Å²) < 4.78 is 38.8. The molecule has 220 valence electrons. The molecule has 0 amide bonds. The summed E-state index contributed by atoms with van der Waals surface area (Å²) in [6, 6.07) is 17.0. The van der Waals surface area contributed by atoms with Gasteiger partial charge in [-0.25, -0.2) is 18.6 Å². The van der Waals surface area contributed by atoms with Crippen LogP contribution in [0.15, 0.2) is 60.8 Å². The molecule has 2 heterocycles. The minimum Gasteiger partial charge on any atom is -0.462 e. The van der Waals surface area contributed by atoms with E-state index in [1.54, 1.807) is 19.1 Å². The van der Waals surface area contributed by atoms with Crippen molar-refractivity contribution >= 4 is 11.9 Å². The summed E-state index contributed by atoms with van der Waals surface area (Å²) in [5.41, 5.74) is 4.91. The van der Waals surface area contributed by atoms with E-state index in [1.807, 2.05) is 43.0 Å². The number of carbonyl (C=O) groups is 1. The summed E-state index contributed by atoms with van der Waals surface area (Å²) in [6.45, 7) is 8.60. The SMILES string of the molecule is CCOC(=O)c1cnc(N2CCN(Cc3cc(F)cc(F)c3)CC2)nc1Oc1c(C)cc(-c2ccc(C#N)cc2)cc1C. The van der Waals surface area contributed by atoms with E-state index in [9.17, 15) is 13.6 Å². The van der Waals surface area contributed by atoms with E-state index < -0.39 is 17.6 Å². The second kappa shape index (κ2) is 13.0. The van der Waals surface area contributed by atoms with Crippen LogP contribution in [0.2, 0.25) is 0 Å². The molecule has 10 heteroatoms. The monoisotopic (exact) mass is 583 g/mol. The van der Waals surface area contributed by atoms with Gasteiger partial charge < -0.3 is 14.4 Å². The highest BCUT2D eigenvalue weighted by Gasteiger charge is 2.24. The lowest BCUT2D eigenvalue weighted by molar-refractivity contribution is 0.0522. The molecule has 1 fully saturated rings. The molecular weight excluding hydrogens is 552 g/mol. The maximum absolute atomic E-state index is 13.6. The Morgan fingerprint density at radius 1 is 0.953 bits per heavy atom. The van der Waals surface area contributed by atoms with E-state index in [0.29, 0.717) is 55.5 Å². The van der Waals surface area contributed by atoms with Crippen LogP contribution < -0.4 is 9.64 Å². The lowest BCUT2D eigenvalue weighted by Gasteiger charge is -2.34. The molecule has 1 aliphatic heterocycles. The smallest absolute Gasteiger partial charge is 0.345 e. The van der Waals surface area contributed by atoms with Gasteiger partial charge in [-0.05, 0) is 85.0 Å². The number of aryl methyl sites for hydroxylation is 2. The van der Waals surface area contributed by atoms with Crippen LogP contribution in [0.4, 0.5) is 14.7 Å². The van der Waals surface area contributed by atoms with Gasteiger partial charge >= 0.3 is 5.97 Å². The Labute approximate surface area is 249 Å². The van der Waals surface area contributed by atoms with Crippen LogP contribution in [-0.2, 0) is 11.3 Å². The first-order chi connectivity index (χ1) is 20.7. The molecule has 43 heavy (non-hydrogen) atoms. The van der Waals surface area contributed by atoms with E-state index in [-0.39, 0.29) is 18.1 Å². The number of carbonyl (C=O) groups excluding carboxylic acids is 1. The van der Waals surface area contributed by atoms with E-state index in [2.05, 4.69) is 20.9 Å². The highest BCUT2D eigenvalue weighted by molar-refractivity contribution is 5.91. The normalized spacial score (nSPS) is 13.4. The maximum Gasteiger partial charge on any atom is 0.345 e. The van der Waals surface area contributed by atoms with Gasteiger partial charge in [0.2, 0.25) is 11.8 Å². The average Bonchev–Trinajstić information content (AvgIpc) is 2.99. The third kappa shape index (κ3) is 6.96. The van der Waals surface area contributed by atoms with Gasteiger partial charge in [-0.1, -0.05) is 12.1 Å². The van der Waals surface area contributed by atoms with Crippen LogP contribution in [0.5, 0.6) is 11.6 Å².